The molecule has 2 unspecified atom stereocenters. The van der Waals surface area contributed by atoms with E-state index in [0.29, 0.717) is 11.4 Å². The van der Waals surface area contributed by atoms with Crippen molar-refractivity contribution in [1.82, 2.24) is 5.32 Å². The third-order valence-corrected chi connectivity index (χ3v) is 4.59. The zero-order valence-corrected chi connectivity index (χ0v) is 10.5. The Hall–Kier alpha value is -0.470. The van der Waals surface area contributed by atoms with Crippen molar-refractivity contribution < 1.29 is 0 Å². The first kappa shape index (κ1) is 11.0. The minimum Gasteiger partial charge on any atom is -0.298 e. The number of rotatable bonds is 2. The number of hydrogen-bond acceptors (Lipinski definition) is 2. The van der Waals surface area contributed by atoms with Crippen molar-refractivity contribution in [2.45, 2.75) is 38.6 Å². The molecule has 1 heterocycles. The molecule has 1 aliphatic rings. The predicted molar refractivity (Wildman–Crippen MR) is 68.3 cm³/mol. The Morgan fingerprint density at radius 1 is 1.40 bits per heavy atom. The Morgan fingerprint density at radius 3 is 2.87 bits per heavy atom. The second-order valence-corrected chi connectivity index (χ2v) is 5.41. The fourth-order valence-corrected chi connectivity index (χ4v) is 3.48. The minimum absolute atomic E-state index is 0.509. The van der Waals surface area contributed by atoms with Crippen LogP contribution in [-0.4, -0.2) is 11.8 Å². The highest BCUT2D eigenvalue weighted by Gasteiger charge is 2.25. The summed E-state index contributed by atoms with van der Waals surface area (Å²) < 4.78 is 0. The Balaban J connectivity index is 2.20. The lowest BCUT2D eigenvalue weighted by molar-refractivity contribution is 0.560. The van der Waals surface area contributed by atoms with E-state index >= 15 is 0 Å². The molecule has 1 fully saturated rings. The molecular weight excluding hydrogens is 202 g/mol. The average Bonchev–Trinajstić information content (AvgIpc) is 2.70. The first-order valence-corrected chi connectivity index (χ1v) is 6.71. The van der Waals surface area contributed by atoms with Gasteiger partial charge in [-0.3, -0.25) is 5.32 Å². The maximum Gasteiger partial charge on any atom is 0.0795 e. The van der Waals surface area contributed by atoms with Crippen LogP contribution in [0.1, 0.15) is 35.4 Å². The SMILES string of the molecule is CCC1CSC(c2cccc(C)c2C)N1. The molecule has 0 spiro atoms. The van der Waals surface area contributed by atoms with Gasteiger partial charge < -0.3 is 0 Å². The summed E-state index contributed by atoms with van der Waals surface area (Å²) in [6.45, 7) is 6.67. The lowest BCUT2D eigenvalue weighted by atomic mass is 10.0. The first-order valence-electron chi connectivity index (χ1n) is 5.66. The van der Waals surface area contributed by atoms with Gasteiger partial charge >= 0.3 is 0 Å². The summed E-state index contributed by atoms with van der Waals surface area (Å²) in [6.07, 6.45) is 1.23. The molecule has 2 atom stereocenters. The van der Waals surface area contributed by atoms with Gasteiger partial charge in [-0.1, -0.05) is 25.1 Å². The molecule has 82 valence electrons. The highest BCUT2D eigenvalue weighted by molar-refractivity contribution is 7.99. The minimum atomic E-state index is 0.509. The molecule has 1 nitrogen and oxygen atoms in total. The zero-order chi connectivity index (χ0) is 10.8. The van der Waals surface area contributed by atoms with E-state index in [4.69, 9.17) is 0 Å². The van der Waals surface area contributed by atoms with Gasteiger partial charge in [0.25, 0.3) is 0 Å². The highest BCUT2D eigenvalue weighted by Crippen LogP contribution is 2.35. The molecule has 0 aliphatic carbocycles. The molecule has 1 saturated heterocycles. The van der Waals surface area contributed by atoms with Crippen molar-refractivity contribution in [1.29, 1.82) is 0 Å². The van der Waals surface area contributed by atoms with E-state index < -0.39 is 0 Å². The molecule has 0 amide bonds. The van der Waals surface area contributed by atoms with E-state index in [2.05, 4.69) is 44.3 Å². The van der Waals surface area contributed by atoms with Gasteiger partial charge in [0, 0.05) is 11.8 Å². The van der Waals surface area contributed by atoms with E-state index in [1.54, 1.807) is 0 Å². The van der Waals surface area contributed by atoms with Crippen LogP contribution in [0.25, 0.3) is 0 Å². The maximum absolute atomic E-state index is 3.69. The van der Waals surface area contributed by atoms with Crippen LogP contribution in [0.15, 0.2) is 18.2 Å². The third kappa shape index (κ3) is 2.21. The number of hydrogen-bond donors (Lipinski definition) is 1. The third-order valence-electron chi connectivity index (χ3n) is 3.27. The van der Waals surface area contributed by atoms with Crippen molar-refractivity contribution in [2.75, 3.05) is 5.75 Å². The summed E-state index contributed by atoms with van der Waals surface area (Å²) in [5.74, 6) is 1.24. The largest absolute Gasteiger partial charge is 0.298 e. The van der Waals surface area contributed by atoms with Gasteiger partial charge in [-0.2, -0.15) is 0 Å². The molecule has 1 N–H and O–H groups in total. The Labute approximate surface area is 96.7 Å². The standard InChI is InChI=1S/C13H19NS/c1-4-11-8-15-13(14-11)12-7-5-6-9(2)10(12)3/h5-7,11,13-14H,4,8H2,1-3H3. The quantitative estimate of drug-likeness (QED) is 0.821. The van der Waals surface area contributed by atoms with Gasteiger partial charge in [0.1, 0.15) is 0 Å². The van der Waals surface area contributed by atoms with E-state index in [9.17, 15) is 0 Å². The monoisotopic (exact) mass is 221 g/mol. The zero-order valence-electron chi connectivity index (χ0n) is 9.71. The summed E-state index contributed by atoms with van der Waals surface area (Å²) in [6, 6.07) is 7.31. The van der Waals surface area contributed by atoms with Crippen LogP contribution >= 0.6 is 11.8 Å². The number of nitrogens with one attached hydrogen (secondary N) is 1. The molecule has 0 radical (unpaired) electrons. The van der Waals surface area contributed by atoms with E-state index in [1.165, 1.54) is 28.9 Å². The van der Waals surface area contributed by atoms with Gasteiger partial charge in [-0.05, 0) is 37.0 Å². The van der Waals surface area contributed by atoms with E-state index in [-0.39, 0.29) is 0 Å². The molecule has 1 aromatic rings. The van der Waals surface area contributed by atoms with Crippen LogP contribution in [0.4, 0.5) is 0 Å². The van der Waals surface area contributed by atoms with Crippen molar-refractivity contribution in [3.05, 3.63) is 34.9 Å². The Morgan fingerprint density at radius 2 is 2.20 bits per heavy atom. The van der Waals surface area contributed by atoms with E-state index in [1.807, 2.05) is 11.8 Å². The van der Waals surface area contributed by atoms with Crippen LogP contribution in [0.2, 0.25) is 0 Å². The predicted octanol–water partition coefficient (Wildman–Crippen LogP) is 3.42. The van der Waals surface area contributed by atoms with Crippen LogP contribution in [0.3, 0.4) is 0 Å². The van der Waals surface area contributed by atoms with Crippen molar-refractivity contribution in [3.8, 4) is 0 Å². The van der Waals surface area contributed by atoms with Gasteiger partial charge in [0.05, 0.1) is 5.37 Å². The second-order valence-electron chi connectivity index (χ2n) is 4.27. The Kier molecular flexibility index (Phi) is 3.37. The van der Waals surface area contributed by atoms with Gasteiger partial charge in [-0.15, -0.1) is 11.8 Å². The van der Waals surface area contributed by atoms with Crippen LogP contribution in [0.5, 0.6) is 0 Å². The van der Waals surface area contributed by atoms with Crippen molar-refractivity contribution in [2.24, 2.45) is 0 Å². The fourth-order valence-electron chi connectivity index (χ4n) is 2.00. The summed E-state index contributed by atoms with van der Waals surface area (Å²) >= 11 is 2.04. The summed E-state index contributed by atoms with van der Waals surface area (Å²) in [5, 5.41) is 4.20. The Bertz CT molecular complexity index is 348. The van der Waals surface area contributed by atoms with Crippen molar-refractivity contribution >= 4 is 11.8 Å². The van der Waals surface area contributed by atoms with Gasteiger partial charge in [0.2, 0.25) is 0 Å². The van der Waals surface area contributed by atoms with Crippen LogP contribution in [-0.2, 0) is 0 Å². The van der Waals surface area contributed by atoms with Gasteiger partial charge in [0.15, 0.2) is 0 Å². The summed E-state index contributed by atoms with van der Waals surface area (Å²) in [5.41, 5.74) is 4.31. The molecule has 15 heavy (non-hydrogen) atoms. The molecule has 0 bridgehead atoms. The van der Waals surface area contributed by atoms with E-state index in [0.717, 1.165) is 0 Å². The molecule has 2 heteroatoms. The van der Waals surface area contributed by atoms with Crippen LogP contribution in [0, 0.1) is 13.8 Å². The first-order chi connectivity index (χ1) is 7.22. The molecular formula is C13H19NS. The molecule has 0 saturated carbocycles. The average molecular weight is 221 g/mol. The maximum atomic E-state index is 3.69. The fraction of sp³-hybridized carbons (Fsp3) is 0.538. The number of benzene rings is 1. The highest BCUT2D eigenvalue weighted by atomic mass is 32.2. The molecule has 0 aromatic heterocycles. The number of thioether (sulfide) groups is 1. The molecule has 2 rings (SSSR count). The van der Waals surface area contributed by atoms with Gasteiger partial charge in [-0.25, -0.2) is 0 Å². The number of aryl methyl sites for hydroxylation is 1. The second kappa shape index (κ2) is 4.58. The van der Waals surface area contributed by atoms with Crippen LogP contribution < -0.4 is 5.32 Å². The lowest BCUT2D eigenvalue weighted by Gasteiger charge is -2.16. The summed E-state index contributed by atoms with van der Waals surface area (Å²) in [7, 11) is 0. The molecule has 1 aromatic carbocycles. The smallest absolute Gasteiger partial charge is 0.0795 e. The van der Waals surface area contributed by atoms with Crippen molar-refractivity contribution in [3.63, 3.8) is 0 Å². The topological polar surface area (TPSA) is 12.0 Å². The summed E-state index contributed by atoms with van der Waals surface area (Å²) in [4.78, 5) is 0. The molecule has 1 aliphatic heterocycles. The normalized spacial score (nSPS) is 25.8. The lowest BCUT2D eigenvalue weighted by Crippen LogP contribution is -2.25.